The molecule has 0 bridgehead atoms. The van der Waals surface area contributed by atoms with Crippen molar-refractivity contribution in [2.24, 2.45) is 0 Å². The van der Waals surface area contributed by atoms with Crippen LogP contribution >= 0.6 is 0 Å². The van der Waals surface area contributed by atoms with Gasteiger partial charge in [0, 0.05) is 17.7 Å². The van der Waals surface area contributed by atoms with Crippen molar-refractivity contribution in [1.82, 2.24) is 0 Å². The lowest BCUT2D eigenvalue weighted by Crippen LogP contribution is -2.64. The molecule has 0 radical (unpaired) electrons. The molecule has 21 heteroatoms. The highest BCUT2D eigenvalue weighted by molar-refractivity contribution is 5.88. The van der Waals surface area contributed by atoms with Crippen LogP contribution in [0.5, 0.6) is 28.7 Å². The van der Waals surface area contributed by atoms with E-state index in [4.69, 9.17) is 37.6 Å². The number of fused-ring (bicyclic) bond motifs is 1. The molecule has 0 amide bonds. The van der Waals surface area contributed by atoms with Crippen LogP contribution in [-0.4, -0.2) is 174 Å². The smallest absolute Gasteiger partial charge is 0.239 e. The summed E-state index contributed by atoms with van der Waals surface area (Å²) in [5.74, 6) is -2.86. The predicted molar refractivity (Wildman–Crippen MR) is 173 cm³/mol. The van der Waals surface area contributed by atoms with Gasteiger partial charge < -0.3 is 98.9 Å². The zero-order valence-electron chi connectivity index (χ0n) is 28.1. The SMILES string of the molecule is COc1cc(O)c2c(=O)c(OC3OC(COC4OC(CO)C(O)C(O)C4O)C(O)C(OC4OCC(O)C(O)C4O)C3O)c(-c3ccc(O)c(O)c3)oc2c1. The molecule has 54 heavy (non-hydrogen) atoms. The summed E-state index contributed by atoms with van der Waals surface area (Å²) in [5.41, 5.74) is -1.33. The van der Waals surface area contributed by atoms with Crippen LogP contribution < -0.4 is 14.9 Å². The van der Waals surface area contributed by atoms with Gasteiger partial charge in [-0.1, -0.05) is 0 Å². The Labute approximate surface area is 303 Å². The van der Waals surface area contributed by atoms with Crippen LogP contribution in [0.2, 0.25) is 0 Å². The molecule has 298 valence electrons. The third-order valence-electron chi connectivity index (χ3n) is 9.27. The largest absolute Gasteiger partial charge is 0.507 e. The lowest BCUT2D eigenvalue weighted by Gasteiger charge is -2.45. The standard InChI is InChI=1S/C33H40O21/c1-47-11-5-14(37)19-16(6-11)50-28(10-2-3-12(35)13(36)4-10)30(23(19)42)54-33-27(46)29(53-32-25(44)20(39)15(38)8-48-32)22(41)18(52-33)9-49-31-26(45)24(43)21(40)17(7-34)51-31/h2-6,15,17-18,20-22,24-27,29,31-41,43-46H,7-9H2,1H3. The van der Waals surface area contributed by atoms with Crippen molar-refractivity contribution in [3.8, 4) is 40.1 Å². The number of benzene rings is 2. The predicted octanol–water partition coefficient (Wildman–Crippen LogP) is -3.95. The molecule has 3 aromatic rings. The third kappa shape index (κ3) is 7.52. The number of methoxy groups -OCH3 is 1. The normalized spacial score (nSPS) is 35.9. The maximum absolute atomic E-state index is 14.1. The quantitative estimate of drug-likeness (QED) is 0.0875. The molecule has 3 aliphatic heterocycles. The Morgan fingerprint density at radius 2 is 1.44 bits per heavy atom. The maximum atomic E-state index is 14.1. The van der Waals surface area contributed by atoms with E-state index in [-0.39, 0.29) is 16.9 Å². The summed E-state index contributed by atoms with van der Waals surface area (Å²) in [6.07, 6.45) is -25.1. The van der Waals surface area contributed by atoms with E-state index in [1.807, 2.05) is 0 Å². The molecule has 12 N–H and O–H groups in total. The zero-order valence-corrected chi connectivity index (χ0v) is 28.1. The number of phenols is 3. The number of aliphatic hydroxyl groups is 9. The molecule has 6 rings (SSSR count). The van der Waals surface area contributed by atoms with Gasteiger partial charge in [-0.2, -0.15) is 0 Å². The van der Waals surface area contributed by atoms with Gasteiger partial charge in [0.1, 0.15) is 89.6 Å². The molecule has 0 spiro atoms. The first-order valence-corrected chi connectivity index (χ1v) is 16.5. The monoisotopic (exact) mass is 772 g/mol. The molecule has 3 saturated heterocycles. The zero-order chi connectivity index (χ0) is 39.2. The minimum atomic E-state index is -2.09. The summed E-state index contributed by atoms with van der Waals surface area (Å²) >= 11 is 0. The van der Waals surface area contributed by atoms with Gasteiger partial charge in [0.15, 0.2) is 29.8 Å². The number of hydrogen-bond acceptors (Lipinski definition) is 21. The lowest BCUT2D eigenvalue weighted by molar-refractivity contribution is -0.349. The molecule has 21 nitrogen and oxygen atoms in total. The molecule has 14 atom stereocenters. The van der Waals surface area contributed by atoms with Crippen molar-refractivity contribution < 1.29 is 98.9 Å². The fourth-order valence-corrected chi connectivity index (χ4v) is 6.20. The summed E-state index contributed by atoms with van der Waals surface area (Å²) < 4.78 is 44.7. The van der Waals surface area contributed by atoms with E-state index in [9.17, 15) is 66.1 Å². The minimum absolute atomic E-state index is 0.0616. The number of phenolic OH excluding ortho intramolecular Hbond substituents is 3. The van der Waals surface area contributed by atoms with E-state index in [0.29, 0.717) is 0 Å². The number of rotatable bonds is 10. The van der Waals surface area contributed by atoms with Crippen molar-refractivity contribution >= 4 is 11.0 Å². The second kappa shape index (κ2) is 16.1. The van der Waals surface area contributed by atoms with Crippen LogP contribution in [0.25, 0.3) is 22.3 Å². The van der Waals surface area contributed by atoms with Crippen molar-refractivity contribution in [3.63, 3.8) is 0 Å². The minimum Gasteiger partial charge on any atom is -0.507 e. The van der Waals surface area contributed by atoms with Crippen LogP contribution in [-0.2, 0) is 23.7 Å². The van der Waals surface area contributed by atoms with Crippen LogP contribution in [0, 0.1) is 0 Å². The fourth-order valence-electron chi connectivity index (χ4n) is 6.20. The highest BCUT2D eigenvalue weighted by atomic mass is 16.7. The lowest BCUT2D eigenvalue weighted by atomic mass is 9.97. The maximum Gasteiger partial charge on any atom is 0.239 e. The van der Waals surface area contributed by atoms with Gasteiger partial charge >= 0.3 is 0 Å². The third-order valence-corrected chi connectivity index (χ3v) is 9.27. The average molecular weight is 773 g/mol. The molecule has 0 saturated carbocycles. The Morgan fingerprint density at radius 3 is 2.13 bits per heavy atom. The number of aliphatic hydroxyl groups excluding tert-OH is 9. The van der Waals surface area contributed by atoms with E-state index < -0.39 is 145 Å². The van der Waals surface area contributed by atoms with E-state index in [2.05, 4.69) is 0 Å². The van der Waals surface area contributed by atoms with E-state index in [1.165, 1.54) is 19.2 Å². The summed E-state index contributed by atoms with van der Waals surface area (Å²) in [7, 11) is 1.29. The van der Waals surface area contributed by atoms with Crippen LogP contribution in [0.1, 0.15) is 0 Å². The van der Waals surface area contributed by atoms with Crippen LogP contribution in [0.15, 0.2) is 39.5 Å². The summed E-state index contributed by atoms with van der Waals surface area (Å²) in [6, 6.07) is 5.69. The highest BCUT2D eigenvalue weighted by Gasteiger charge is 2.51. The number of ether oxygens (including phenoxy) is 7. The van der Waals surface area contributed by atoms with E-state index in [0.717, 1.165) is 18.2 Å². The molecule has 1 aromatic heterocycles. The second-order valence-electron chi connectivity index (χ2n) is 12.8. The summed E-state index contributed by atoms with van der Waals surface area (Å²) in [5, 5.41) is 124. The molecular weight excluding hydrogens is 732 g/mol. The molecule has 0 aliphatic carbocycles. The topological polar surface area (TPSA) is 338 Å². The van der Waals surface area contributed by atoms with Gasteiger partial charge in [0.2, 0.25) is 17.5 Å². The van der Waals surface area contributed by atoms with Crippen molar-refractivity contribution in [1.29, 1.82) is 0 Å². The molecule has 3 aliphatic rings. The molecule has 4 heterocycles. The Hall–Kier alpha value is -3.91. The van der Waals surface area contributed by atoms with Gasteiger partial charge in [0.05, 0.1) is 26.9 Å². The molecule has 2 aromatic carbocycles. The Kier molecular flexibility index (Phi) is 11.8. The molecule has 3 fully saturated rings. The van der Waals surface area contributed by atoms with E-state index >= 15 is 0 Å². The van der Waals surface area contributed by atoms with Gasteiger partial charge in [0.25, 0.3) is 0 Å². The van der Waals surface area contributed by atoms with Crippen molar-refractivity contribution in [3.05, 3.63) is 40.6 Å². The summed E-state index contributed by atoms with van der Waals surface area (Å²) in [6.45, 7) is -2.08. The molecular formula is C33H40O21. The van der Waals surface area contributed by atoms with E-state index in [1.54, 1.807) is 0 Å². The first-order valence-electron chi connectivity index (χ1n) is 16.5. The van der Waals surface area contributed by atoms with Crippen molar-refractivity contribution in [2.45, 2.75) is 86.0 Å². The first kappa shape index (κ1) is 39.8. The summed E-state index contributed by atoms with van der Waals surface area (Å²) in [4.78, 5) is 14.1. The van der Waals surface area contributed by atoms with Crippen molar-refractivity contribution in [2.75, 3.05) is 26.9 Å². The van der Waals surface area contributed by atoms with Gasteiger partial charge in [-0.15, -0.1) is 0 Å². The van der Waals surface area contributed by atoms with Crippen LogP contribution in [0.4, 0.5) is 0 Å². The highest BCUT2D eigenvalue weighted by Crippen LogP contribution is 2.40. The van der Waals surface area contributed by atoms with Gasteiger partial charge in [-0.05, 0) is 18.2 Å². The Balaban J connectivity index is 1.38. The number of aromatic hydroxyl groups is 3. The van der Waals surface area contributed by atoms with Gasteiger partial charge in [-0.25, -0.2) is 0 Å². The average Bonchev–Trinajstić information content (AvgIpc) is 3.15. The fraction of sp³-hybridized carbons (Fsp3) is 0.545. The number of hydrogen-bond donors (Lipinski definition) is 12. The Bertz CT molecular complexity index is 1830. The molecule has 14 unspecified atom stereocenters. The van der Waals surface area contributed by atoms with Crippen LogP contribution in [0.3, 0.4) is 0 Å². The first-order chi connectivity index (χ1) is 25.6. The second-order valence-corrected chi connectivity index (χ2v) is 12.8. The van der Waals surface area contributed by atoms with Gasteiger partial charge in [-0.3, -0.25) is 4.79 Å². The Morgan fingerprint density at radius 1 is 0.741 bits per heavy atom.